The van der Waals surface area contributed by atoms with E-state index in [2.05, 4.69) is 0 Å². The summed E-state index contributed by atoms with van der Waals surface area (Å²) in [4.78, 5) is 23.7. The predicted octanol–water partition coefficient (Wildman–Crippen LogP) is -0.160. The molecular weight excluding hydrogens is 368 g/mol. The molecule has 0 fully saturated rings. The highest BCUT2D eigenvalue weighted by molar-refractivity contribution is 5.77. The van der Waals surface area contributed by atoms with E-state index in [-0.39, 0.29) is 13.2 Å². The average molecular weight is 398 g/mol. The molecule has 0 heterocycles. The summed E-state index contributed by atoms with van der Waals surface area (Å²) < 4.78 is 10.2. The van der Waals surface area contributed by atoms with Crippen LogP contribution in [0.25, 0.3) is 0 Å². The molecule has 0 aliphatic rings. The number of esters is 2. The number of ether oxygens (including phenoxy) is 2. The summed E-state index contributed by atoms with van der Waals surface area (Å²) in [6, 6.07) is 7.48. The standard InChI is InChI=1S/C20H30O8/c1-19(11-21,12-22)17(25)27-9-7-15-3-5-16(6-4-15)8-10-28-18(26)20(2,13-23)14-24/h3-6,21-24H,7-14H2,1-2H3. The molecular formula is C20H30O8. The molecule has 1 aromatic rings. The third kappa shape index (κ3) is 6.56. The molecule has 0 amide bonds. The van der Waals surface area contributed by atoms with Gasteiger partial charge in [-0.05, 0) is 25.0 Å². The minimum absolute atomic E-state index is 0.131. The molecule has 1 rings (SSSR count). The molecule has 0 aromatic heterocycles. The number of aliphatic hydroxyl groups is 4. The largest absolute Gasteiger partial charge is 0.465 e. The van der Waals surface area contributed by atoms with E-state index in [1.54, 1.807) is 0 Å². The molecule has 0 saturated heterocycles. The van der Waals surface area contributed by atoms with Crippen LogP contribution in [0.1, 0.15) is 25.0 Å². The van der Waals surface area contributed by atoms with Crippen LogP contribution in [0.4, 0.5) is 0 Å². The summed E-state index contributed by atoms with van der Waals surface area (Å²) in [5, 5.41) is 36.7. The molecule has 0 spiro atoms. The van der Waals surface area contributed by atoms with E-state index in [0.29, 0.717) is 12.8 Å². The Bertz CT molecular complexity index is 563. The lowest BCUT2D eigenvalue weighted by atomic mass is 9.93. The first-order valence-electron chi connectivity index (χ1n) is 9.10. The zero-order valence-corrected chi connectivity index (χ0v) is 16.4. The van der Waals surface area contributed by atoms with E-state index in [0.717, 1.165) is 11.1 Å². The lowest BCUT2D eigenvalue weighted by molar-refractivity contribution is -0.160. The number of hydrogen-bond acceptors (Lipinski definition) is 8. The number of carbonyl (C=O) groups excluding carboxylic acids is 2. The van der Waals surface area contributed by atoms with E-state index in [4.69, 9.17) is 29.9 Å². The van der Waals surface area contributed by atoms with Crippen LogP contribution in [0.5, 0.6) is 0 Å². The van der Waals surface area contributed by atoms with Gasteiger partial charge in [-0.15, -0.1) is 0 Å². The Hall–Kier alpha value is -2.00. The second-order valence-corrected chi connectivity index (χ2v) is 7.34. The maximum Gasteiger partial charge on any atom is 0.316 e. The normalized spacial score (nSPS) is 11.9. The SMILES string of the molecule is CC(CO)(CO)C(=O)OCCc1ccc(CCOC(=O)C(C)(CO)CO)cc1. The maximum atomic E-state index is 11.8. The zero-order valence-electron chi connectivity index (χ0n) is 16.4. The Kier molecular flexibility index (Phi) is 9.54. The Morgan fingerprint density at radius 1 is 0.714 bits per heavy atom. The minimum Gasteiger partial charge on any atom is -0.465 e. The number of aliphatic hydroxyl groups excluding tert-OH is 4. The van der Waals surface area contributed by atoms with Gasteiger partial charge in [0.15, 0.2) is 0 Å². The summed E-state index contributed by atoms with van der Waals surface area (Å²) in [5.41, 5.74) is -0.722. The highest BCUT2D eigenvalue weighted by Gasteiger charge is 2.34. The Labute approximate surface area is 164 Å². The fourth-order valence-electron chi connectivity index (χ4n) is 2.10. The molecule has 0 saturated carbocycles. The Morgan fingerprint density at radius 2 is 1.00 bits per heavy atom. The van der Waals surface area contributed by atoms with Crippen molar-refractivity contribution < 1.29 is 39.5 Å². The Morgan fingerprint density at radius 3 is 1.25 bits per heavy atom. The second kappa shape index (κ2) is 11.1. The van der Waals surface area contributed by atoms with Crippen LogP contribution in [-0.2, 0) is 31.9 Å². The van der Waals surface area contributed by atoms with Gasteiger partial charge in [-0.25, -0.2) is 0 Å². The van der Waals surface area contributed by atoms with Crippen molar-refractivity contribution in [2.75, 3.05) is 39.6 Å². The first-order valence-corrected chi connectivity index (χ1v) is 9.10. The third-order valence-corrected chi connectivity index (χ3v) is 4.65. The van der Waals surface area contributed by atoms with Crippen molar-refractivity contribution in [3.05, 3.63) is 35.4 Å². The summed E-state index contributed by atoms with van der Waals surface area (Å²) in [7, 11) is 0. The van der Waals surface area contributed by atoms with Gasteiger partial charge < -0.3 is 29.9 Å². The second-order valence-electron chi connectivity index (χ2n) is 7.34. The van der Waals surface area contributed by atoms with Crippen molar-refractivity contribution in [1.82, 2.24) is 0 Å². The fourth-order valence-corrected chi connectivity index (χ4v) is 2.10. The van der Waals surface area contributed by atoms with Gasteiger partial charge in [-0.2, -0.15) is 0 Å². The van der Waals surface area contributed by atoms with Crippen molar-refractivity contribution in [3.8, 4) is 0 Å². The van der Waals surface area contributed by atoms with Gasteiger partial charge in [0.1, 0.15) is 10.8 Å². The molecule has 158 valence electrons. The molecule has 0 radical (unpaired) electrons. The molecule has 0 aliphatic carbocycles. The van der Waals surface area contributed by atoms with E-state index < -0.39 is 49.2 Å². The van der Waals surface area contributed by atoms with E-state index in [9.17, 15) is 9.59 Å². The first kappa shape index (κ1) is 24.0. The number of carbonyl (C=O) groups is 2. The number of hydrogen-bond donors (Lipinski definition) is 4. The van der Waals surface area contributed by atoms with Gasteiger partial charge in [0.25, 0.3) is 0 Å². The lowest BCUT2D eigenvalue weighted by Gasteiger charge is -2.22. The van der Waals surface area contributed by atoms with Crippen LogP contribution in [0.3, 0.4) is 0 Å². The van der Waals surface area contributed by atoms with Crippen molar-refractivity contribution in [2.24, 2.45) is 10.8 Å². The van der Waals surface area contributed by atoms with E-state index in [1.807, 2.05) is 24.3 Å². The van der Waals surface area contributed by atoms with Gasteiger partial charge >= 0.3 is 11.9 Å². The molecule has 4 N–H and O–H groups in total. The van der Waals surface area contributed by atoms with Crippen LogP contribution in [0.2, 0.25) is 0 Å². The molecule has 28 heavy (non-hydrogen) atoms. The highest BCUT2D eigenvalue weighted by Crippen LogP contribution is 2.18. The third-order valence-electron chi connectivity index (χ3n) is 4.65. The number of rotatable bonds is 12. The highest BCUT2D eigenvalue weighted by atomic mass is 16.5. The quantitative estimate of drug-likeness (QED) is 0.357. The molecule has 0 bridgehead atoms. The van der Waals surface area contributed by atoms with Gasteiger partial charge in [0, 0.05) is 12.8 Å². The van der Waals surface area contributed by atoms with Crippen molar-refractivity contribution in [3.63, 3.8) is 0 Å². The molecule has 0 unspecified atom stereocenters. The lowest BCUT2D eigenvalue weighted by Crippen LogP contribution is -2.37. The van der Waals surface area contributed by atoms with Crippen molar-refractivity contribution in [2.45, 2.75) is 26.7 Å². The summed E-state index contributed by atoms with van der Waals surface area (Å²) in [5.74, 6) is -1.29. The Balaban J connectivity index is 2.42. The smallest absolute Gasteiger partial charge is 0.316 e. The molecule has 0 aliphatic heterocycles. The van der Waals surface area contributed by atoms with Crippen molar-refractivity contribution in [1.29, 1.82) is 0 Å². The first-order chi connectivity index (χ1) is 13.2. The van der Waals surface area contributed by atoms with Crippen LogP contribution in [-0.4, -0.2) is 72.0 Å². The monoisotopic (exact) mass is 398 g/mol. The van der Waals surface area contributed by atoms with Crippen LogP contribution in [0, 0.1) is 10.8 Å². The van der Waals surface area contributed by atoms with Gasteiger partial charge in [0.2, 0.25) is 0 Å². The van der Waals surface area contributed by atoms with Gasteiger partial charge in [0.05, 0.1) is 39.6 Å². The molecule has 8 heteroatoms. The van der Waals surface area contributed by atoms with E-state index >= 15 is 0 Å². The maximum absolute atomic E-state index is 11.8. The summed E-state index contributed by atoms with van der Waals surface area (Å²) in [6.07, 6.45) is 0.971. The molecule has 8 nitrogen and oxygen atoms in total. The average Bonchev–Trinajstić information content (AvgIpc) is 2.73. The van der Waals surface area contributed by atoms with Crippen LogP contribution >= 0.6 is 0 Å². The summed E-state index contributed by atoms with van der Waals surface area (Å²) in [6.45, 7) is 1.17. The van der Waals surface area contributed by atoms with E-state index in [1.165, 1.54) is 13.8 Å². The van der Waals surface area contributed by atoms with Gasteiger partial charge in [-0.3, -0.25) is 9.59 Å². The predicted molar refractivity (Wildman–Crippen MR) is 100 cm³/mol. The van der Waals surface area contributed by atoms with Crippen LogP contribution < -0.4 is 0 Å². The zero-order chi connectivity index (χ0) is 21.2. The molecule has 0 atom stereocenters. The minimum atomic E-state index is -1.30. The van der Waals surface area contributed by atoms with Crippen molar-refractivity contribution >= 4 is 11.9 Å². The number of benzene rings is 1. The topological polar surface area (TPSA) is 134 Å². The van der Waals surface area contributed by atoms with Crippen LogP contribution in [0.15, 0.2) is 24.3 Å². The summed E-state index contributed by atoms with van der Waals surface area (Å²) >= 11 is 0. The fraction of sp³-hybridized carbons (Fsp3) is 0.600. The van der Waals surface area contributed by atoms with Gasteiger partial charge in [-0.1, -0.05) is 24.3 Å². The molecule has 1 aromatic carbocycles.